The Labute approximate surface area is 265 Å². The number of hydrogen-bond acceptors (Lipinski definition) is 6. The van der Waals surface area contributed by atoms with E-state index in [0.717, 1.165) is 12.0 Å². The van der Waals surface area contributed by atoms with Gasteiger partial charge in [-0.15, -0.1) is 0 Å². The predicted molar refractivity (Wildman–Crippen MR) is 168 cm³/mol. The minimum Gasteiger partial charge on any atom is -0.481 e. The van der Waals surface area contributed by atoms with Crippen LogP contribution < -0.4 is 4.90 Å². The van der Waals surface area contributed by atoms with Crippen LogP contribution in [0.4, 0.5) is 19.3 Å². The van der Waals surface area contributed by atoms with Gasteiger partial charge in [-0.3, -0.25) is 9.59 Å². The van der Waals surface area contributed by atoms with E-state index in [-0.39, 0.29) is 30.6 Å². The first-order valence-corrected chi connectivity index (χ1v) is 14.8. The van der Waals surface area contributed by atoms with Crippen LogP contribution in [0.25, 0.3) is 22.3 Å². The normalized spacial score (nSPS) is 12.5. The van der Waals surface area contributed by atoms with E-state index < -0.39 is 54.3 Å². The summed E-state index contributed by atoms with van der Waals surface area (Å²) in [5.74, 6) is -2.94. The number of benzene rings is 3. The Balaban J connectivity index is 2.01. The molecule has 0 fully saturated rings. The number of anilines is 1. The van der Waals surface area contributed by atoms with Gasteiger partial charge in [0, 0.05) is 22.9 Å². The van der Waals surface area contributed by atoms with Crippen molar-refractivity contribution in [2.45, 2.75) is 57.8 Å². The molecule has 242 valence electrons. The average Bonchev–Trinajstić information content (AvgIpc) is 3.36. The van der Waals surface area contributed by atoms with Crippen LogP contribution in [0, 0.1) is 11.6 Å². The minimum absolute atomic E-state index is 0.0670. The molecule has 3 aromatic carbocycles. The Hall–Kier alpha value is -4.87. The lowest BCUT2D eigenvalue weighted by atomic mass is 9.92. The molecule has 9 nitrogen and oxygen atoms in total. The fraction of sp³-hybridized carbons (Fsp3) is 0.286. The number of hydrogen-bond donors (Lipinski definition) is 3. The quantitative estimate of drug-likeness (QED) is 0.160. The molecule has 0 unspecified atom stereocenters. The van der Waals surface area contributed by atoms with E-state index in [2.05, 4.69) is 0 Å². The summed E-state index contributed by atoms with van der Waals surface area (Å²) in [6, 6.07) is 18.9. The lowest BCUT2D eigenvalue weighted by Gasteiger charge is -2.24. The number of halogens is 2. The van der Waals surface area contributed by atoms with Crippen molar-refractivity contribution < 1.29 is 43.2 Å². The number of carbonyl (C=O) groups excluding carboxylic acids is 2. The second kappa shape index (κ2) is 14.9. The van der Waals surface area contributed by atoms with Gasteiger partial charge in [-0.2, -0.15) is 0 Å². The highest BCUT2D eigenvalue weighted by molar-refractivity contribution is 6.22. The van der Waals surface area contributed by atoms with E-state index >= 15 is 0 Å². The topological polar surface area (TPSA) is 129 Å². The van der Waals surface area contributed by atoms with Gasteiger partial charge < -0.3 is 24.6 Å². The number of carbonyl (C=O) groups is 3. The molecular weight excluding hydrogens is 598 g/mol. The molecule has 0 saturated heterocycles. The van der Waals surface area contributed by atoms with Crippen LogP contribution in [0.5, 0.6) is 0 Å². The molecular formula is C35H36F2N2O7. The molecule has 0 aliphatic carbocycles. The number of aliphatic carboxylic acids is 1. The summed E-state index contributed by atoms with van der Waals surface area (Å²) in [5.41, 5.74) is 2.69. The van der Waals surface area contributed by atoms with Gasteiger partial charge in [-0.05, 0) is 80.6 Å². The van der Waals surface area contributed by atoms with Crippen LogP contribution in [0.3, 0.4) is 0 Å². The molecule has 46 heavy (non-hydrogen) atoms. The van der Waals surface area contributed by atoms with Crippen molar-refractivity contribution in [3.63, 3.8) is 0 Å². The Kier molecular flexibility index (Phi) is 11.0. The molecule has 0 aliphatic rings. The summed E-state index contributed by atoms with van der Waals surface area (Å²) < 4.78 is 35.1. The number of aliphatic hydroxyl groups is 2. The number of nitrogens with zero attached hydrogens (tertiary/aromatic N) is 2. The zero-order valence-electron chi connectivity index (χ0n) is 25.7. The molecule has 1 aromatic heterocycles. The highest BCUT2D eigenvalue weighted by Crippen LogP contribution is 2.43. The van der Waals surface area contributed by atoms with Crippen molar-refractivity contribution in [1.29, 1.82) is 0 Å². The Morgan fingerprint density at radius 1 is 0.826 bits per heavy atom. The van der Waals surface area contributed by atoms with Crippen LogP contribution in [0.2, 0.25) is 0 Å². The Morgan fingerprint density at radius 3 is 1.87 bits per heavy atom. The number of methoxy groups -OCH3 is 1. The molecule has 11 heteroatoms. The van der Waals surface area contributed by atoms with Crippen molar-refractivity contribution >= 4 is 23.7 Å². The summed E-state index contributed by atoms with van der Waals surface area (Å²) in [6.07, 6.45) is -3.83. The summed E-state index contributed by atoms with van der Waals surface area (Å²) in [7, 11) is 1.16. The smallest absolute Gasteiger partial charge is 0.421 e. The first-order chi connectivity index (χ1) is 21.9. The first kappa shape index (κ1) is 34.0. The van der Waals surface area contributed by atoms with Gasteiger partial charge in [-0.25, -0.2) is 18.5 Å². The Morgan fingerprint density at radius 2 is 1.37 bits per heavy atom. The largest absolute Gasteiger partial charge is 0.481 e. The highest BCUT2D eigenvalue weighted by Gasteiger charge is 2.36. The van der Waals surface area contributed by atoms with Crippen molar-refractivity contribution in [3.8, 4) is 22.3 Å². The van der Waals surface area contributed by atoms with Crippen molar-refractivity contribution in [2.75, 3.05) is 12.0 Å². The zero-order chi connectivity index (χ0) is 33.5. The second-order valence-corrected chi connectivity index (χ2v) is 11.1. The number of imide groups is 1. The highest BCUT2D eigenvalue weighted by atomic mass is 19.1. The third-order valence-electron chi connectivity index (χ3n) is 7.54. The molecule has 2 atom stereocenters. The number of aromatic nitrogens is 1. The maximum absolute atomic E-state index is 14.7. The van der Waals surface area contributed by atoms with Crippen LogP contribution >= 0.6 is 0 Å². The van der Waals surface area contributed by atoms with E-state index in [4.69, 9.17) is 9.84 Å². The van der Waals surface area contributed by atoms with Gasteiger partial charge in [0.05, 0.1) is 31.4 Å². The molecule has 1 heterocycles. The molecule has 4 rings (SSSR count). The lowest BCUT2D eigenvalue weighted by molar-refractivity contribution is -0.139. The molecule has 2 amide bonds. The second-order valence-electron chi connectivity index (χ2n) is 11.1. The minimum atomic E-state index is -1.27. The van der Waals surface area contributed by atoms with Crippen molar-refractivity contribution in [1.82, 2.24) is 4.57 Å². The van der Waals surface area contributed by atoms with E-state index in [1.807, 2.05) is 13.8 Å². The molecule has 3 N–H and O–H groups in total. The predicted octanol–water partition coefficient (Wildman–Crippen LogP) is 6.61. The van der Waals surface area contributed by atoms with E-state index in [1.165, 1.54) is 36.4 Å². The number of amides is 2. The monoisotopic (exact) mass is 634 g/mol. The molecule has 0 bridgehead atoms. The summed E-state index contributed by atoms with van der Waals surface area (Å²) in [6.45, 7) is 3.67. The van der Waals surface area contributed by atoms with Crippen LogP contribution in [-0.2, 0) is 16.0 Å². The van der Waals surface area contributed by atoms with Gasteiger partial charge in [0.2, 0.25) is 0 Å². The van der Waals surface area contributed by atoms with Crippen molar-refractivity contribution in [2.24, 2.45) is 0 Å². The maximum Gasteiger partial charge on any atom is 0.421 e. The molecule has 0 saturated carbocycles. The van der Waals surface area contributed by atoms with E-state index in [1.54, 1.807) is 47.0 Å². The van der Waals surface area contributed by atoms with Crippen molar-refractivity contribution in [3.05, 3.63) is 102 Å². The lowest BCUT2D eigenvalue weighted by Crippen LogP contribution is -2.38. The standard InChI is InChI=1S/C35H36F2N2O7/c1-21(2)38-29(18-17-27(40)19-28(41)20-30(42)43)31(22-9-13-24(36)14-10-22)32(23-11-15-25(37)16-12-23)33(38)34(44)39(35(45)46-3)26-7-5-4-6-8-26/h4-16,21,27-28,40-41H,17-20H2,1-3H3,(H,42,43)/t27-,28-/m1/s1. The summed E-state index contributed by atoms with van der Waals surface area (Å²) >= 11 is 0. The van der Waals surface area contributed by atoms with Gasteiger partial charge in [-0.1, -0.05) is 42.5 Å². The fourth-order valence-electron chi connectivity index (χ4n) is 5.59. The van der Waals surface area contributed by atoms with Gasteiger partial charge in [0.25, 0.3) is 5.91 Å². The van der Waals surface area contributed by atoms with Crippen LogP contribution in [0.15, 0.2) is 78.9 Å². The maximum atomic E-state index is 14.7. The number of rotatable bonds is 12. The number of carboxylic acid groups (broad SMARTS) is 1. The Bertz CT molecular complexity index is 1670. The molecule has 0 aliphatic heterocycles. The van der Waals surface area contributed by atoms with Gasteiger partial charge >= 0.3 is 12.1 Å². The molecule has 0 spiro atoms. The first-order valence-electron chi connectivity index (χ1n) is 14.8. The number of para-hydroxylation sites is 1. The van der Waals surface area contributed by atoms with Gasteiger partial charge in [0.15, 0.2) is 0 Å². The zero-order valence-corrected chi connectivity index (χ0v) is 25.7. The number of carboxylic acids is 1. The van der Waals surface area contributed by atoms with Gasteiger partial charge in [0.1, 0.15) is 17.3 Å². The number of aliphatic hydroxyl groups excluding tert-OH is 2. The number of ether oxygens (including phenoxy) is 1. The summed E-state index contributed by atoms with van der Waals surface area (Å²) in [4.78, 5) is 39.8. The summed E-state index contributed by atoms with van der Waals surface area (Å²) in [5, 5.41) is 29.9. The average molecular weight is 635 g/mol. The van der Waals surface area contributed by atoms with E-state index in [9.17, 15) is 33.4 Å². The van der Waals surface area contributed by atoms with Crippen LogP contribution in [0.1, 0.15) is 55.3 Å². The molecule has 4 aromatic rings. The third kappa shape index (κ3) is 7.67. The SMILES string of the molecule is COC(=O)N(C(=O)c1c(-c2ccc(F)cc2)c(-c2ccc(F)cc2)c(CC[C@@H](O)C[C@@H](O)CC(=O)O)n1C(C)C)c1ccccc1. The van der Waals surface area contributed by atoms with Crippen LogP contribution in [-0.4, -0.2) is 57.2 Å². The molecule has 0 radical (unpaired) electrons. The fourth-order valence-corrected chi connectivity index (χ4v) is 5.59. The third-order valence-corrected chi connectivity index (χ3v) is 7.54. The van der Waals surface area contributed by atoms with E-state index in [0.29, 0.717) is 27.9 Å².